The van der Waals surface area contributed by atoms with E-state index in [9.17, 15) is 4.79 Å². The van der Waals surface area contributed by atoms with E-state index in [1.165, 1.54) is 0 Å². The Morgan fingerprint density at radius 1 is 1.46 bits per heavy atom. The van der Waals surface area contributed by atoms with Gasteiger partial charge in [-0.2, -0.15) is 0 Å². The first-order valence-corrected chi connectivity index (χ1v) is 9.03. The van der Waals surface area contributed by atoms with Crippen molar-refractivity contribution in [2.45, 2.75) is 33.0 Å². The van der Waals surface area contributed by atoms with Crippen molar-refractivity contribution in [3.05, 3.63) is 52.7 Å². The summed E-state index contributed by atoms with van der Waals surface area (Å²) in [6.45, 7) is 4.96. The number of anilines is 1. The molecule has 1 aromatic heterocycles. The molecule has 8 heteroatoms. The lowest BCUT2D eigenvalue weighted by Gasteiger charge is -2.15. The second kappa shape index (κ2) is 8.18. The molecule has 2 heterocycles. The maximum atomic E-state index is 13.1. The van der Waals surface area contributed by atoms with Gasteiger partial charge in [-0.3, -0.25) is 15.1 Å². The highest BCUT2D eigenvalue weighted by atomic mass is 16.5. The number of ether oxygens (including phenoxy) is 1. The van der Waals surface area contributed by atoms with Crippen LogP contribution >= 0.6 is 0 Å². The fraction of sp³-hybridized carbons (Fsp3) is 0.300. The Morgan fingerprint density at radius 3 is 2.93 bits per heavy atom. The van der Waals surface area contributed by atoms with E-state index in [2.05, 4.69) is 15.3 Å². The molecule has 0 saturated heterocycles. The van der Waals surface area contributed by atoms with E-state index in [1.807, 2.05) is 27.0 Å². The lowest BCUT2D eigenvalue weighted by Crippen LogP contribution is -2.25. The molecule has 8 nitrogen and oxygen atoms in total. The molecule has 0 saturated carbocycles. The van der Waals surface area contributed by atoms with Gasteiger partial charge in [0.2, 0.25) is 0 Å². The van der Waals surface area contributed by atoms with Crippen LogP contribution in [0, 0.1) is 5.41 Å². The van der Waals surface area contributed by atoms with Crippen molar-refractivity contribution in [2.24, 2.45) is 10.7 Å². The van der Waals surface area contributed by atoms with Crippen LogP contribution in [-0.4, -0.2) is 36.2 Å². The minimum absolute atomic E-state index is 0.0162. The molecule has 0 atom stereocenters. The number of amides is 1. The number of carbonyl (C=O) groups excluding carboxylic acids is 1. The van der Waals surface area contributed by atoms with E-state index < -0.39 is 0 Å². The lowest BCUT2D eigenvalue weighted by molar-refractivity contribution is 0.0995. The fourth-order valence-corrected chi connectivity index (χ4v) is 3.18. The third-order valence-electron chi connectivity index (χ3n) is 4.32. The highest BCUT2D eigenvalue weighted by Gasteiger charge is 2.32. The number of hydrogen-bond acceptors (Lipinski definition) is 5. The zero-order valence-electron chi connectivity index (χ0n) is 16.2. The number of hydrogen-bond donors (Lipinski definition) is 3. The van der Waals surface area contributed by atoms with Gasteiger partial charge >= 0.3 is 0 Å². The number of amidine groups is 1. The summed E-state index contributed by atoms with van der Waals surface area (Å²) in [5.74, 6) is 1.17. The van der Waals surface area contributed by atoms with Crippen LogP contribution in [0.2, 0.25) is 0 Å². The number of aromatic nitrogens is 1. The van der Waals surface area contributed by atoms with E-state index in [1.54, 1.807) is 29.2 Å². The highest BCUT2D eigenvalue weighted by molar-refractivity contribution is 6.10. The van der Waals surface area contributed by atoms with Crippen LogP contribution in [0.4, 0.5) is 5.82 Å². The molecule has 0 aliphatic carbocycles. The molecule has 4 N–H and O–H groups in total. The molecule has 0 unspecified atom stereocenters. The number of benzene rings is 1. The molecular formula is C20H24N6O2. The molecular weight excluding hydrogens is 356 g/mol. The third-order valence-corrected chi connectivity index (χ3v) is 4.32. The molecule has 0 radical (unpaired) electrons. The van der Waals surface area contributed by atoms with E-state index in [4.69, 9.17) is 15.9 Å². The van der Waals surface area contributed by atoms with Crippen LogP contribution in [0.3, 0.4) is 0 Å². The van der Waals surface area contributed by atoms with Gasteiger partial charge in [0.25, 0.3) is 5.91 Å². The summed E-state index contributed by atoms with van der Waals surface area (Å²) in [5.41, 5.74) is 8.85. The average Bonchev–Trinajstić information content (AvgIpc) is 2.99. The van der Waals surface area contributed by atoms with Crippen LogP contribution in [0.25, 0.3) is 0 Å². The number of rotatable bonds is 7. The zero-order chi connectivity index (χ0) is 20.3. The Labute approximate surface area is 163 Å². The summed E-state index contributed by atoms with van der Waals surface area (Å²) in [6.07, 6.45) is 0.878. The van der Waals surface area contributed by atoms with Crippen molar-refractivity contribution in [2.75, 3.05) is 11.9 Å². The summed E-state index contributed by atoms with van der Waals surface area (Å²) in [5, 5.41) is 10.2. The third kappa shape index (κ3) is 3.86. The maximum Gasteiger partial charge on any atom is 0.260 e. The molecule has 2 aromatic rings. The Kier molecular flexibility index (Phi) is 5.70. The Morgan fingerprint density at radius 2 is 2.25 bits per heavy atom. The smallest absolute Gasteiger partial charge is 0.260 e. The lowest BCUT2D eigenvalue weighted by atomic mass is 10.0. The second-order valence-electron chi connectivity index (χ2n) is 6.72. The van der Waals surface area contributed by atoms with Crippen LogP contribution in [0.5, 0.6) is 5.75 Å². The normalized spacial score (nSPS) is 13.8. The average molecular weight is 380 g/mol. The molecule has 1 amide bonds. The maximum absolute atomic E-state index is 13.1. The second-order valence-corrected chi connectivity index (χ2v) is 6.72. The summed E-state index contributed by atoms with van der Waals surface area (Å²) in [4.78, 5) is 22.9. The van der Waals surface area contributed by atoms with Crippen molar-refractivity contribution < 1.29 is 9.53 Å². The first-order chi connectivity index (χ1) is 13.4. The van der Waals surface area contributed by atoms with E-state index in [-0.39, 0.29) is 17.8 Å². The Balaban J connectivity index is 1.99. The van der Waals surface area contributed by atoms with Gasteiger partial charge in [0, 0.05) is 12.1 Å². The number of nitrogens with two attached hydrogens (primary N) is 1. The number of carbonyl (C=O) groups is 1. The quantitative estimate of drug-likeness (QED) is 0.502. The molecule has 146 valence electrons. The molecule has 1 aliphatic rings. The first kappa shape index (κ1) is 19.5. The van der Waals surface area contributed by atoms with Crippen LogP contribution in [-0.2, 0) is 13.1 Å². The van der Waals surface area contributed by atoms with Crippen LogP contribution < -0.4 is 20.7 Å². The first-order valence-electron chi connectivity index (χ1n) is 9.03. The monoisotopic (exact) mass is 380 g/mol. The summed E-state index contributed by atoms with van der Waals surface area (Å²) >= 11 is 0. The molecule has 1 aromatic carbocycles. The number of fused-ring (bicyclic) bond motifs is 1. The number of nitrogens with one attached hydrogen (secondary N) is 2. The Bertz CT molecular complexity index is 938. The van der Waals surface area contributed by atoms with Gasteiger partial charge in [-0.05, 0) is 56.3 Å². The number of nitrogens with zero attached hydrogens (tertiary/aromatic N) is 3. The molecule has 28 heavy (non-hydrogen) atoms. The van der Waals surface area contributed by atoms with Gasteiger partial charge in [0.1, 0.15) is 23.6 Å². The predicted octanol–water partition coefficient (Wildman–Crippen LogP) is 2.06. The van der Waals surface area contributed by atoms with E-state index in [0.717, 1.165) is 17.5 Å². The van der Waals surface area contributed by atoms with Crippen molar-refractivity contribution in [3.8, 4) is 5.75 Å². The minimum atomic E-state index is -0.131. The number of pyridine rings is 1. The topological polar surface area (TPSA) is 117 Å². The van der Waals surface area contributed by atoms with Crippen LogP contribution in [0.15, 0.2) is 35.3 Å². The standard InChI is InChI=1S/C20H24N6O2/c1-12(2)28-14-7-13(9-23-3)16-10-26(20(27)15(16)8-14)18-6-4-5-17(25-18)19(22)24-11-21/h4-8,11-12,23H,9-10H2,1-3H3,(H3,21,22,24). The summed E-state index contributed by atoms with van der Waals surface area (Å²) in [6, 6.07) is 8.99. The Hall–Kier alpha value is -3.26. The largest absolute Gasteiger partial charge is 0.491 e. The van der Waals surface area contributed by atoms with Crippen molar-refractivity contribution >= 4 is 23.9 Å². The summed E-state index contributed by atoms with van der Waals surface area (Å²) < 4.78 is 5.83. The number of aliphatic imine (C=N–C) groups is 1. The van der Waals surface area contributed by atoms with Gasteiger partial charge in [-0.1, -0.05) is 6.07 Å². The predicted molar refractivity (Wildman–Crippen MR) is 109 cm³/mol. The molecule has 0 fully saturated rings. The van der Waals surface area contributed by atoms with Gasteiger partial charge in [0.15, 0.2) is 5.84 Å². The van der Waals surface area contributed by atoms with Gasteiger partial charge in [0.05, 0.1) is 12.6 Å². The molecule has 0 bridgehead atoms. The van der Waals surface area contributed by atoms with Crippen LogP contribution in [0.1, 0.15) is 41.0 Å². The van der Waals surface area contributed by atoms with Gasteiger partial charge < -0.3 is 15.8 Å². The molecule has 1 aliphatic heterocycles. The highest BCUT2D eigenvalue weighted by Crippen LogP contribution is 2.33. The van der Waals surface area contributed by atoms with E-state index in [0.29, 0.717) is 35.9 Å². The zero-order valence-corrected chi connectivity index (χ0v) is 16.2. The molecule has 3 rings (SSSR count). The van der Waals surface area contributed by atoms with Gasteiger partial charge in [-0.15, -0.1) is 0 Å². The van der Waals surface area contributed by atoms with Crippen molar-refractivity contribution in [1.82, 2.24) is 10.3 Å². The SMILES string of the molecule is CNCc1cc(OC(C)C)cc2c1CN(c1cccc(C(N)=NC=N)n1)C2=O. The van der Waals surface area contributed by atoms with E-state index >= 15 is 0 Å². The summed E-state index contributed by atoms with van der Waals surface area (Å²) in [7, 11) is 1.87. The minimum Gasteiger partial charge on any atom is -0.491 e. The van der Waals surface area contributed by atoms with Crippen molar-refractivity contribution in [3.63, 3.8) is 0 Å². The van der Waals surface area contributed by atoms with Gasteiger partial charge in [-0.25, -0.2) is 9.98 Å². The van der Waals surface area contributed by atoms with Crippen molar-refractivity contribution in [1.29, 1.82) is 5.41 Å². The fourth-order valence-electron chi connectivity index (χ4n) is 3.18. The molecule has 0 spiro atoms.